The fraction of sp³-hybridized carbons (Fsp3) is 0.571. The highest BCUT2D eigenvalue weighted by molar-refractivity contribution is 5.39. The van der Waals surface area contributed by atoms with Crippen molar-refractivity contribution in [3.05, 3.63) is 24.3 Å². The summed E-state index contributed by atoms with van der Waals surface area (Å²) in [6.07, 6.45) is 1.87. The summed E-state index contributed by atoms with van der Waals surface area (Å²) in [6.45, 7) is 3.00. The van der Waals surface area contributed by atoms with Crippen molar-refractivity contribution in [1.29, 1.82) is 0 Å². The first-order chi connectivity index (χ1) is 8.63. The fourth-order valence-corrected chi connectivity index (χ4v) is 1.71. The number of benzene rings is 1. The molecule has 1 atom stereocenters. The van der Waals surface area contributed by atoms with Crippen LogP contribution in [0.2, 0.25) is 0 Å². The van der Waals surface area contributed by atoms with E-state index in [9.17, 15) is 5.11 Å². The van der Waals surface area contributed by atoms with Crippen molar-refractivity contribution in [2.75, 3.05) is 20.3 Å². The molecular formula is C14H21NO3. The third-order valence-electron chi connectivity index (χ3n) is 3.26. The second-order valence-corrected chi connectivity index (χ2v) is 5.06. The normalized spacial score (nSPS) is 18.2. The van der Waals surface area contributed by atoms with Gasteiger partial charge >= 0.3 is 0 Å². The molecule has 0 bridgehead atoms. The van der Waals surface area contributed by atoms with E-state index in [1.807, 2.05) is 24.3 Å². The van der Waals surface area contributed by atoms with Gasteiger partial charge in [-0.25, -0.2) is 0 Å². The van der Waals surface area contributed by atoms with Gasteiger partial charge in [0, 0.05) is 12.1 Å². The van der Waals surface area contributed by atoms with Crippen molar-refractivity contribution < 1.29 is 14.6 Å². The smallest absolute Gasteiger partial charge is 0.161 e. The fourth-order valence-electron chi connectivity index (χ4n) is 1.71. The number of β-amino-alcohol motifs (C(OH)–C–C–N with tert-alkyl or cyclic N) is 1. The molecule has 0 amide bonds. The first kappa shape index (κ1) is 13.2. The van der Waals surface area contributed by atoms with Crippen molar-refractivity contribution in [2.45, 2.75) is 31.4 Å². The molecule has 1 unspecified atom stereocenters. The Labute approximate surface area is 108 Å². The number of hydrogen-bond acceptors (Lipinski definition) is 4. The molecule has 0 radical (unpaired) electrons. The average Bonchev–Trinajstić information content (AvgIpc) is 3.13. The van der Waals surface area contributed by atoms with Crippen LogP contribution in [0.3, 0.4) is 0 Å². The molecule has 2 N–H and O–H groups in total. The van der Waals surface area contributed by atoms with Crippen LogP contribution in [-0.4, -0.2) is 37.0 Å². The molecule has 1 aromatic rings. The molecule has 100 valence electrons. The largest absolute Gasteiger partial charge is 0.493 e. The lowest BCUT2D eigenvalue weighted by atomic mass is 10.3. The van der Waals surface area contributed by atoms with E-state index < -0.39 is 6.10 Å². The Bertz CT molecular complexity index is 390. The molecule has 1 aromatic carbocycles. The van der Waals surface area contributed by atoms with Crippen LogP contribution >= 0.6 is 0 Å². The minimum Gasteiger partial charge on any atom is -0.493 e. The van der Waals surface area contributed by atoms with Crippen molar-refractivity contribution in [2.24, 2.45) is 0 Å². The molecule has 4 heteroatoms. The number of para-hydroxylation sites is 2. The van der Waals surface area contributed by atoms with Crippen LogP contribution in [0.15, 0.2) is 24.3 Å². The zero-order valence-electron chi connectivity index (χ0n) is 11.0. The van der Waals surface area contributed by atoms with Gasteiger partial charge in [-0.2, -0.15) is 0 Å². The topological polar surface area (TPSA) is 50.7 Å². The van der Waals surface area contributed by atoms with E-state index in [4.69, 9.17) is 9.47 Å². The molecule has 1 fully saturated rings. The average molecular weight is 251 g/mol. The summed E-state index contributed by atoms with van der Waals surface area (Å²) in [5, 5.41) is 13.2. The Morgan fingerprint density at radius 1 is 1.33 bits per heavy atom. The van der Waals surface area contributed by atoms with Gasteiger partial charge in [0.25, 0.3) is 0 Å². The van der Waals surface area contributed by atoms with Crippen molar-refractivity contribution in [3.63, 3.8) is 0 Å². The van der Waals surface area contributed by atoms with Crippen LogP contribution in [0.5, 0.6) is 11.5 Å². The molecule has 0 spiro atoms. The number of hydrogen-bond donors (Lipinski definition) is 2. The van der Waals surface area contributed by atoms with Crippen molar-refractivity contribution in [1.82, 2.24) is 5.32 Å². The Hall–Kier alpha value is -1.26. The highest BCUT2D eigenvalue weighted by atomic mass is 16.5. The van der Waals surface area contributed by atoms with E-state index in [-0.39, 0.29) is 12.1 Å². The van der Waals surface area contributed by atoms with Crippen molar-refractivity contribution >= 4 is 0 Å². The van der Waals surface area contributed by atoms with Crippen LogP contribution in [0.4, 0.5) is 0 Å². The van der Waals surface area contributed by atoms with E-state index in [2.05, 4.69) is 12.2 Å². The van der Waals surface area contributed by atoms with Crippen LogP contribution in [0.25, 0.3) is 0 Å². The summed E-state index contributed by atoms with van der Waals surface area (Å²) < 4.78 is 10.7. The van der Waals surface area contributed by atoms with Crippen molar-refractivity contribution in [3.8, 4) is 11.5 Å². The van der Waals surface area contributed by atoms with E-state index in [1.165, 1.54) is 12.8 Å². The summed E-state index contributed by atoms with van der Waals surface area (Å²) in [5.41, 5.74) is 0.241. The van der Waals surface area contributed by atoms with Gasteiger partial charge < -0.3 is 19.9 Å². The third kappa shape index (κ3) is 3.62. The molecule has 0 saturated heterocycles. The lowest BCUT2D eigenvalue weighted by molar-refractivity contribution is 0.101. The second kappa shape index (κ2) is 5.59. The minimum atomic E-state index is -0.507. The Morgan fingerprint density at radius 2 is 2.00 bits per heavy atom. The minimum absolute atomic E-state index is 0.241. The number of ether oxygens (including phenoxy) is 2. The van der Waals surface area contributed by atoms with Crippen LogP contribution < -0.4 is 14.8 Å². The maximum Gasteiger partial charge on any atom is 0.161 e. The summed E-state index contributed by atoms with van der Waals surface area (Å²) in [5.74, 6) is 1.35. The summed E-state index contributed by atoms with van der Waals surface area (Å²) in [6, 6.07) is 7.44. The first-order valence-corrected chi connectivity index (χ1v) is 6.32. The summed E-state index contributed by atoms with van der Waals surface area (Å²) in [4.78, 5) is 0. The van der Waals surface area contributed by atoms with Crippen LogP contribution in [0.1, 0.15) is 19.8 Å². The third-order valence-corrected chi connectivity index (χ3v) is 3.26. The van der Waals surface area contributed by atoms with E-state index in [0.717, 1.165) is 0 Å². The highest BCUT2D eigenvalue weighted by Crippen LogP contribution is 2.34. The lowest BCUT2D eigenvalue weighted by Crippen LogP contribution is -2.37. The zero-order chi connectivity index (χ0) is 13.0. The van der Waals surface area contributed by atoms with Crippen LogP contribution in [-0.2, 0) is 0 Å². The van der Waals surface area contributed by atoms with Gasteiger partial charge in [0.05, 0.1) is 7.11 Å². The maximum atomic E-state index is 9.84. The molecule has 1 aliphatic rings. The molecule has 0 aliphatic heterocycles. The summed E-state index contributed by atoms with van der Waals surface area (Å²) >= 11 is 0. The molecular weight excluding hydrogens is 230 g/mol. The predicted octanol–water partition coefficient (Wildman–Crippen LogP) is 1.58. The Balaban J connectivity index is 1.76. The predicted molar refractivity (Wildman–Crippen MR) is 70.1 cm³/mol. The van der Waals surface area contributed by atoms with Gasteiger partial charge in [0.2, 0.25) is 0 Å². The summed E-state index contributed by atoms with van der Waals surface area (Å²) in [7, 11) is 1.61. The van der Waals surface area contributed by atoms with Crippen LogP contribution in [0, 0.1) is 0 Å². The maximum absolute atomic E-state index is 9.84. The molecule has 2 rings (SSSR count). The monoisotopic (exact) mass is 251 g/mol. The standard InChI is InChI=1S/C14H21NO3/c1-14(7-8-14)15-9-11(16)10-18-13-6-4-3-5-12(13)17-2/h3-6,11,15-16H,7-10H2,1-2H3. The van der Waals surface area contributed by atoms with E-state index in [1.54, 1.807) is 7.11 Å². The number of aliphatic hydroxyl groups is 1. The number of nitrogens with one attached hydrogen (secondary N) is 1. The van der Waals surface area contributed by atoms with Gasteiger partial charge in [-0.1, -0.05) is 12.1 Å². The highest BCUT2D eigenvalue weighted by Gasteiger charge is 2.36. The molecule has 4 nitrogen and oxygen atoms in total. The molecule has 18 heavy (non-hydrogen) atoms. The van der Waals surface area contributed by atoms with E-state index >= 15 is 0 Å². The molecule has 1 aliphatic carbocycles. The van der Waals surface area contributed by atoms with Gasteiger partial charge in [0.1, 0.15) is 12.7 Å². The molecule has 0 heterocycles. The number of aliphatic hydroxyl groups excluding tert-OH is 1. The van der Waals surface area contributed by atoms with Gasteiger partial charge in [-0.05, 0) is 31.9 Å². The quantitative estimate of drug-likeness (QED) is 0.772. The number of methoxy groups -OCH3 is 1. The Kier molecular flexibility index (Phi) is 4.09. The van der Waals surface area contributed by atoms with Gasteiger partial charge in [0.15, 0.2) is 11.5 Å². The zero-order valence-corrected chi connectivity index (χ0v) is 11.0. The molecule has 1 saturated carbocycles. The van der Waals surface area contributed by atoms with E-state index in [0.29, 0.717) is 18.0 Å². The SMILES string of the molecule is COc1ccccc1OCC(O)CNC1(C)CC1. The second-order valence-electron chi connectivity index (χ2n) is 5.06. The number of rotatable bonds is 7. The lowest BCUT2D eigenvalue weighted by Gasteiger charge is -2.17. The van der Waals surface area contributed by atoms with Gasteiger partial charge in [-0.3, -0.25) is 0 Å². The Morgan fingerprint density at radius 3 is 2.61 bits per heavy atom. The van der Waals surface area contributed by atoms with Gasteiger partial charge in [-0.15, -0.1) is 0 Å². The molecule has 0 aromatic heterocycles. The first-order valence-electron chi connectivity index (χ1n) is 6.32.